The molecule has 0 saturated carbocycles. The second kappa shape index (κ2) is 9.09. The number of aromatic nitrogens is 2. The molecule has 1 heterocycles. The van der Waals surface area contributed by atoms with Crippen LogP contribution in [0.1, 0.15) is 23.0 Å². The maximum absolute atomic E-state index is 11.8. The number of nitrogens with one attached hydrogen (secondary N) is 1. The summed E-state index contributed by atoms with van der Waals surface area (Å²) in [5.74, 6) is 0.692. The van der Waals surface area contributed by atoms with Gasteiger partial charge in [0, 0.05) is 5.56 Å². The largest absolute Gasteiger partial charge is 0.491 e. The van der Waals surface area contributed by atoms with Crippen LogP contribution in [0.2, 0.25) is 5.02 Å². The van der Waals surface area contributed by atoms with Crippen LogP contribution in [0.4, 0.5) is 5.82 Å². The van der Waals surface area contributed by atoms with E-state index in [4.69, 9.17) is 26.8 Å². The number of amides is 1. The fourth-order valence-electron chi connectivity index (χ4n) is 2.19. The van der Waals surface area contributed by atoms with Gasteiger partial charge in [0.2, 0.25) is 11.5 Å². The lowest BCUT2D eigenvalue weighted by molar-refractivity contribution is -0.668. The van der Waals surface area contributed by atoms with E-state index in [2.05, 4.69) is 20.3 Å². The van der Waals surface area contributed by atoms with Crippen molar-refractivity contribution in [1.29, 1.82) is 0 Å². The molecule has 0 aliphatic rings. The third-order valence-electron chi connectivity index (χ3n) is 3.32. The van der Waals surface area contributed by atoms with Gasteiger partial charge in [-0.25, -0.2) is 4.63 Å². The number of hydrogen-bond donors (Lipinski definition) is 3. The average Bonchev–Trinajstić information content (AvgIpc) is 3.01. The van der Waals surface area contributed by atoms with Crippen LogP contribution in [0.3, 0.4) is 0 Å². The summed E-state index contributed by atoms with van der Waals surface area (Å²) in [6, 6.07) is 3.73. The summed E-state index contributed by atoms with van der Waals surface area (Å²) < 4.78 is 15.2. The molecule has 1 aromatic carbocycles. The van der Waals surface area contributed by atoms with Crippen LogP contribution in [-0.2, 0) is 6.54 Å². The topological polar surface area (TPSA) is 129 Å². The Morgan fingerprint density at radius 2 is 2.24 bits per heavy atom. The van der Waals surface area contributed by atoms with Crippen molar-refractivity contribution < 1.29 is 24.2 Å². The van der Waals surface area contributed by atoms with Gasteiger partial charge in [-0.2, -0.15) is 0 Å². The summed E-state index contributed by atoms with van der Waals surface area (Å²) in [7, 11) is 1.55. The number of methoxy groups -OCH3 is 1. The van der Waals surface area contributed by atoms with Crippen LogP contribution < -0.4 is 25.8 Å². The molecule has 0 atom stereocenters. The van der Waals surface area contributed by atoms with Crippen LogP contribution >= 0.6 is 11.6 Å². The Hall–Kier alpha value is -2.52. The lowest BCUT2D eigenvalue weighted by Crippen LogP contribution is -2.84. The van der Waals surface area contributed by atoms with E-state index in [-0.39, 0.29) is 11.5 Å². The van der Waals surface area contributed by atoms with Crippen LogP contribution in [0.15, 0.2) is 16.8 Å². The van der Waals surface area contributed by atoms with Gasteiger partial charge in [-0.3, -0.25) is 4.79 Å². The Morgan fingerprint density at radius 1 is 1.44 bits per heavy atom. The minimum Gasteiger partial charge on any atom is -0.491 e. The highest BCUT2D eigenvalue weighted by Crippen LogP contribution is 2.36. The highest BCUT2D eigenvalue weighted by molar-refractivity contribution is 6.32. The Bertz CT molecular complexity index is 722. The highest BCUT2D eigenvalue weighted by atomic mass is 35.5. The minimum absolute atomic E-state index is 0.0108. The van der Waals surface area contributed by atoms with Crippen molar-refractivity contribution >= 4 is 23.3 Å². The third kappa shape index (κ3) is 4.97. The third-order valence-corrected chi connectivity index (χ3v) is 3.60. The zero-order valence-corrected chi connectivity index (χ0v) is 14.8. The number of carbonyl (C=O) groups is 1. The van der Waals surface area contributed by atoms with Gasteiger partial charge in [0.1, 0.15) is 6.54 Å². The van der Waals surface area contributed by atoms with E-state index in [9.17, 15) is 4.79 Å². The van der Waals surface area contributed by atoms with Crippen molar-refractivity contribution in [3.8, 4) is 11.5 Å². The quantitative estimate of drug-likeness (QED) is 0.538. The van der Waals surface area contributed by atoms with Crippen molar-refractivity contribution in [2.45, 2.75) is 13.5 Å². The molecule has 0 aliphatic carbocycles. The van der Waals surface area contributed by atoms with E-state index in [0.717, 1.165) is 5.56 Å². The summed E-state index contributed by atoms with van der Waals surface area (Å²) in [4.78, 5) is 11.8. The first-order valence-electron chi connectivity index (χ1n) is 7.73. The number of nitrogens with two attached hydrogens (primary N) is 2. The fourth-order valence-corrected chi connectivity index (χ4v) is 2.50. The number of nitrogen functional groups attached to an aromatic ring is 1. The molecule has 0 fully saturated rings. The maximum atomic E-state index is 11.8. The van der Waals surface area contributed by atoms with Crippen molar-refractivity contribution in [2.75, 3.05) is 32.5 Å². The van der Waals surface area contributed by atoms with Gasteiger partial charge in [-0.05, 0) is 29.4 Å². The Balaban J connectivity index is 1.81. The number of quaternary nitrogens is 1. The summed E-state index contributed by atoms with van der Waals surface area (Å²) in [6.07, 6.45) is 0. The monoisotopic (exact) mass is 370 g/mol. The summed E-state index contributed by atoms with van der Waals surface area (Å²) in [5, 5.41) is 12.0. The summed E-state index contributed by atoms with van der Waals surface area (Å²) in [5.41, 5.74) is 6.43. The van der Waals surface area contributed by atoms with Gasteiger partial charge in [-0.15, -0.1) is 0 Å². The van der Waals surface area contributed by atoms with Crippen LogP contribution in [0, 0.1) is 0 Å². The molecule has 9 nitrogen and oxygen atoms in total. The average molecular weight is 371 g/mol. The molecule has 2 aromatic rings. The van der Waals surface area contributed by atoms with Crippen LogP contribution in [0.25, 0.3) is 0 Å². The van der Waals surface area contributed by atoms with Crippen molar-refractivity contribution in [1.82, 2.24) is 15.6 Å². The van der Waals surface area contributed by atoms with Crippen LogP contribution in [0.5, 0.6) is 11.5 Å². The lowest BCUT2D eigenvalue weighted by Gasteiger charge is -2.12. The zero-order chi connectivity index (χ0) is 18.2. The molecule has 5 N–H and O–H groups in total. The van der Waals surface area contributed by atoms with E-state index in [1.807, 2.05) is 24.4 Å². The second-order valence-electron chi connectivity index (χ2n) is 5.08. The predicted molar refractivity (Wildman–Crippen MR) is 90.7 cm³/mol. The molecule has 0 radical (unpaired) electrons. The maximum Gasteiger partial charge on any atom is 0.277 e. The fraction of sp³-hybridized carbons (Fsp3) is 0.400. The first kappa shape index (κ1) is 18.8. The molecule has 10 heteroatoms. The SMILES string of the molecule is CCOc1cc(C[NH2+]CCNC(=O)c2nonc2N)cc(Cl)c1OC. The molecular formula is C15H21ClN5O4+. The van der Waals surface area contributed by atoms with Gasteiger partial charge in [0.25, 0.3) is 5.91 Å². The number of ether oxygens (including phenoxy) is 2. The predicted octanol–water partition coefficient (Wildman–Crippen LogP) is 0.206. The zero-order valence-electron chi connectivity index (χ0n) is 14.0. The molecule has 1 amide bonds. The van der Waals surface area contributed by atoms with Gasteiger partial charge >= 0.3 is 0 Å². The van der Waals surface area contributed by atoms with Crippen molar-refractivity contribution in [2.24, 2.45) is 0 Å². The van der Waals surface area contributed by atoms with E-state index < -0.39 is 5.91 Å². The molecule has 1 aromatic heterocycles. The van der Waals surface area contributed by atoms with Crippen molar-refractivity contribution in [3.63, 3.8) is 0 Å². The first-order chi connectivity index (χ1) is 12.1. The number of halogens is 1. The standard InChI is InChI=1S/C15H20ClN5O4/c1-3-24-11-7-9(6-10(16)13(11)23-2)8-18-4-5-19-15(22)12-14(17)21-25-20-12/h6-7,18H,3-5,8H2,1-2H3,(H2,17,21)(H,19,22)/p+1. The molecule has 136 valence electrons. The van der Waals surface area contributed by atoms with E-state index in [1.54, 1.807) is 7.11 Å². The molecule has 0 bridgehead atoms. The van der Waals surface area contributed by atoms with E-state index in [0.29, 0.717) is 42.8 Å². The normalized spacial score (nSPS) is 10.5. The first-order valence-corrected chi connectivity index (χ1v) is 8.11. The Kier molecular flexibility index (Phi) is 6.84. The smallest absolute Gasteiger partial charge is 0.277 e. The number of rotatable bonds is 9. The molecule has 2 rings (SSSR count). The highest BCUT2D eigenvalue weighted by Gasteiger charge is 2.15. The number of anilines is 1. The molecule has 25 heavy (non-hydrogen) atoms. The van der Waals surface area contributed by atoms with Gasteiger partial charge in [-0.1, -0.05) is 11.6 Å². The number of carbonyl (C=O) groups excluding carboxylic acids is 1. The molecule has 0 aliphatic heterocycles. The van der Waals surface area contributed by atoms with Gasteiger partial charge < -0.3 is 25.8 Å². The number of hydrogen-bond acceptors (Lipinski definition) is 7. The van der Waals surface area contributed by atoms with E-state index >= 15 is 0 Å². The van der Waals surface area contributed by atoms with Gasteiger partial charge in [0.15, 0.2) is 11.5 Å². The number of nitrogens with zero attached hydrogens (tertiary/aromatic N) is 2. The second-order valence-corrected chi connectivity index (χ2v) is 5.48. The van der Waals surface area contributed by atoms with Crippen LogP contribution in [-0.4, -0.2) is 43.0 Å². The number of benzene rings is 1. The molecular weight excluding hydrogens is 350 g/mol. The van der Waals surface area contributed by atoms with E-state index in [1.165, 1.54) is 0 Å². The molecule has 0 saturated heterocycles. The summed E-state index contributed by atoms with van der Waals surface area (Å²) >= 11 is 6.21. The molecule has 0 unspecified atom stereocenters. The molecule has 0 spiro atoms. The van der Waals surface area contributed by atoms with Crippen molar-refractivity contribution in [3.05, 3.63) is 28.4 Å². The Morgan fingerprint density at radius 3 is 2.88 bits per heavy atom. The van der Waals surface area contributed by atoms with Gasteiger partial charge in [0.05, 0.1) is 31.8 Å². The Labute approximate surface area is 149 Å². The minimum atomic E-state index is -0.418. The summed E-state index contributed by atoms with van der Waals surface area (Å²) in [6.45, 7) is 4.18. The lowest BCUT2D eigenvalue weighted by atomic mass is 10.2.